The molecule has 0 aliphatic carbocycles. The van der Waals surface area contributed by atoms with Gasteiger partial charge in [0.15, 0.2) is 0 Å². The zero-order valence-corrected chi connectivity index (χ0v) is 8.35. The maximum absolute atomic E-state index is 10.2. The summed E-state index contributed by atoms with van der Waals surface area (Å²) < 4.78 is 5.28. The lowest BCUT2D eigenvalue weighted by atomic mass is 9.77. The van der Waals surface area contributed by atoms with Crippen LogP contribution in [0.1, 0.15) is 27.7 Å². The lowest BCUT2D eigenvalue weighted by Crippen LogP contribution is -2.41. The van der Waals surface area contributed by atoms with Crippen molar-refractivity contribution in [3.63, 3.8) is 0 Å². The highest BCUT2D eigenvalue weighted by Gasteiger charge is 2.47. The predicted molar refractivity (Wildman–Crippen MR) is 49.0 cm³/mol. The Morgan fingerprint density at radius 2 is 1.92 bits per heavy atom. The van der Waals surface area contributed by atoms with Gasteiger partial charge < -0.3 is 9.84 Å². The van der Waals surface area contributed by atoms with Gasteiger partial charge in [0.25, 0.3) is 0 Å². The minimum absolute atomic E-state index is 0.162. The van der Waals surface area contributed by atoms with Gasteiger partial charge in [-0.3, -0.25) is 0 Å². The first-order valence-electron chi connectivity index (χ1n) is 4.34. The topological polar surface area (TPSA) is 29.5 Å². The van der Waals surface area contributed by atoms with Crippen molar-refractivity contribution >= 4 is 0 Å². The van der Waals surface area contributed by atoms with E-state index in [-0.39, 0.29) is 5.41 Å². The van der Waals surface area contributed by atoms with Crippen molar-refractivity contribution < 1.29 is 9.84 Å². The molecule has 0 saturated carbocycles. The summed E-state index contributed by atoms with van der Waals surface area (Å²) in [5, 5.41) is 10.2. The number of hydrogen-bond donors (Lipinski definition) is 1. The van der Waals surface area contributed by atoms with Crippen LogP contribution in [0, 0.1) is 5.41 Å². The first kappa shape index (κ1) is 9.75. The molecule has 1 aliphatic rings. The van der Waals surface area contributed by atoms with Gasteiger partial charge in [0.1, 0.15) is 5.60 Å². The molecule has 1 heterocycles. The third-order valence-electron chi connectivity index (χ3n) is 2.48. The van der Waals surface area contributed by atoms with Crippen molar-refractivity contribution in [1.82, 2.24) is 0 Å². The molecule has 0 aromatic heterocycles. The summed E-state index contributed by atoms with van der Waals surface area (Å²) in [7, 11) is 0. The molecule has 1 atom stereocenters. The standard InChI is InChI=1S/C10H18O2/c1-8(2)5-10(11)7-12-6-9(10,3)4/h5,11H,6-7H2,1-4H3. The van der Waals surface area contributed by atoms with E-state index >= 15 is 0 Å². The molecule has 0 radical (unpaired) electrons. The average Bonchev–Trinajstić information content (AvgIpc) is 2.05. The quantitative estimate of drug-likeness (QED) is 0.607. The third-order valence-corrected chi connectivity index (χ3v) is 2.48. The second-order valence-electron chi connectivity index (χ2n) is 4.52. The molecular formula is C10H18O2. The van der Waals surface area contributed by atoms with E-state index in [1.54, 1.807) is 0 Å². The first-order chi connectivity index (χ1) is 5.37. The van der Waals surface area contributed by atoms with E-state index in [2.05, 4.69) is 0 Å². The van der Waals surface area contributed by atoms with Gasteiger partial charge in [-0.15, -0.1) is 0 Å². The van der Waals surface area contributed by atoms with E-state index in [1.165, 1.54) is 0 Å². The van der Waals surface area contributed by atoms with Crippen molar-refractivity contribution in [2.24, 2.45) is 5.41 Å². The van der Waals surface area contributed by atoms with Gasteiger partial charge in [-0.1, -0.05) is 25.5 Å². The summed E-state index contributed by atoms with van der Waals surface area (Å²) in [5.41, 5.74) is 0.201. The van der Waals surface area contributed by atoms with E-state index in [4.69, 9.17) is 4.74 Å². The second-order valence-corrected chi connectivity index (χ2v) is 4.52. The van der Waals surface area contributed by atoms with Crippen molar-refractivity contribution in [2.45, 2.75) is 33.3 Å². The highest BCUT2D eigenvalue weighted by Crippen LogP contribution is 2.38. The molecule has 0 bridgehead atoms. The van der Waals surface area contributed by atoms with Crippen molar-refractivity contribution in [3.8, 4) is 0 Å². The zero-order valence-electron chi connectivity index (χ0n) is 8.35. The molecule has 0 aromatic rings. The fourth-order valence-electron chi connectivity index (χ4n) is 1.50. The van der Waals surface area contributed by atoms with Crippen LogP contribution < -0.4 is 0 Å². The lowest BCUT2D eigenvalue weighted by molar-refractivity contribution is 0.0130. The molecule has 1 fully saturated rings. The van der Waals surface area contributed by atoms with Crippen LogP contribution in [0.25, 0.3) is 0 Å². The molecule has 2 heteroatoms. The van der Waals surface area contributed by atoms with Crippen LogP contribution in [0.5, 0.6) is 0 Å². The predicted octanol–water partition coefficient (Wildman–Crippen LogP) is 1.74. The molecule has 70 valence electrons. The van der Waals surface area contributed by atoms with Gasteiger partial charge in [0.05, 0.1) is 13.2 Å². The molecule has 1 saturated heterocycles. The summed E-state index contributed by atoms with van der Waals surface area (Å²) in [6, 6.07) is 0. The number of aliphatic hydroxyl groups is 1. The van der Waals surface area contributed by atoms with Gasteiger partial charge in [0, 0.05) is 5.41 Å². The SMILES string of the molecule is CC(C)=CC1(O)COCC1(C)C. The number of allylic oxidation sites excluding steroid dienone is 1. The zero-order chi connectivity index (χ0) is 9.41. The van der Waals surface area contributed by atoms with E-state index in [0.29, 0.717) is 13.2 Å². The van der Waals surface area contributed by atoms with E-state index in [1.807, 2.05) is 33.8 Å². The average molecular weight is 170 g/mol. The highest BCUT2D eigenvalue weighted by atomic mass is 16.5. The van der Waals surface area contributed by atoms with Gasteiger partial charge >= 0.3 is 0 Å². The molecule has 1 rings (SSSR count). The van der Waals surface area contributed by atoms with Crippen LogP contribution in [0.4, 0.5) is 0 Å². The highest BCUT2D eigenvalue weighted by molar-refractivity contribution is 5.15. The molecule has 1 unspecified atom stereocenters. The van der Waals surface area contributed by atoms with Crippen molar-refractivity contribution in [2.75, 3.05) is 13.2 Å². The Balaban J connectivity index is 2.90. The van der Waals surface area contributed by atoms with Crippen LogP contribution >= 0.6 is 0 Å². The minimum atomic E-state index is -0.772. The smallest absolute Gasteiger partial charge is 0.113 e. The first-order valence-corrected chi connectivity index (χ1v) is 4.34. The Morgan fingerprint density at radius 1 is 1.33 bits per heavy atom. The van der Waals surface area contributed by atoms with Gasteiger partial charge in [0.2, 0.25) is 0 Å². The Morgan fingerprint density at radius 3 is 2.25 bits per heavy atom. The maximum Gasteiger partial charge on any atom is 0.113 e. The summed E-state index contributed by atoms with van der Waals surface area (Å²) >= 11 is 0. The van der Waals surface area contributed by atoms with Gasteiger partial charge in [-0.25, -0.2) is 0 Å². The molecular weight excluding hydrogens is 152 g/mol. The number of ether oxygens (including phenoxy) is 1. The van der Waals surface area contributed by atoms with Crippen LogP contribution in [0.15, 0.2) is 11.6 Å². The second kappa shape index (κ2) is 2.86. The Kier molecular flexibility index (Phi) is 2.32. The van der Waals surface area contributed by atoms with E-state index in [9.17, 15) is 5.11 Å². The van der Waals surface area contributed by atoms with Gasteiger partial charge in [-0.05, 0) is 13.8 Å². The molecule has 1 aliphatic heterocycles. The summed E-state index contributed by atoms with van der Waals surface area (Å²) in [4.78, 5) is 0. The van der Waals surface area contributed by atoms with Crippen LogP contribution in [0.2, 0.25) is 0 Å². The monoisotopic (exact) mass is 170 g/mol. The summed E-state index contributed by atoms with van der Waals surface area (Å²) in [5.74, 6) is 0. The fourth-order valence-corrected chi connectivity index (χ4v) is 1.50. The lowest BCUT2D eigenvalue weighted by Gasteiger charge is -2.31. The number of rotatable bonds is 1. The van der Waals surface area contributed by atoms with E-state index < -0.39 is 5.60 Å². The van der Waals surface area contributed by atoms with Crippen molar-refractivity contribution in [3.05, 3.63) is 11.6 Å². The molecule has 12 heavy (non-hydrogen) atoms. The molecule has 1 N–H and O–H groups in total. The Bertz CT molecular complexity index is 202. The Labute approximate surface area is 74.2 Å². The fraction of sp³-hybridized carbons (Fsp3) is 0.800. The number of hydrogen-bond acceptors (Lipinski definition) is 2. The van der Waals surface area contributed by atoms with Gasteiger partial charge in [-0.2, -0.15) is 0 Å². The van der Waals surface area contributed by atoms with Crippen LogP contribution in [0.3, 0.4) is 0 Å². The summed E-state index contributed by atoms with van der Waals surface area (Å²) in [6.45, 7) is 9.09. The Hall–Kier alpha value is -0.340. The third kappa shape index (κ3) is 1.54. The van der Waals surface area contributed by atoms with Crippen molar-refractivity contribution in [1.29, 1.82) is 0 Å². The molecule has 2 nitrogen and oxygen atoms in total. The molecule has 0 spiro atoms. The van der Waals surface area contributed by atoms with E-state index in [0.717, 1.165) is 5.57 Å². The largest absolute Gasteiger partial charge is 0.383 e. The summed E-state index contributed by atoms with van der Waals surface area (Å²) in [6.07, 6.45) is 1.90. The maximum atomic E-state index is 10.2. The molecule has 0 aromatic carbocycles. The van der Waals surface area contributed by atoms with Crippen LogP contribution in [-0.2, 0) is 4.74 Å². The molecule has 0 amide bonds. The van der Waals surface area contributed by atoms with Crippen LogP contribution in [-0.4, -0.2) is 23.9 Å². The normalized spacial score (nSPS) is 33.4. The minimum Gasteiger partial charge on any atom is -0.383 e.